The van der Waals surface area contributed by atoms with Crippen molar-refractivity contribution in [3.05, 3.63) is 83.4 Å². The number of benzene rings is 3. The molecule has 8 heteroatoms. The zero-order valence-electron chi connectivity index (χ0n) is 22.4. The Labute approximate surface area is 222 Å². The SMILES string of the molecule is COc1ccc(/C(O)=C2\C(=O)C(=O)N(c3ccc(N(C)C)cc3)C2c2cccc(OC(C)C)c2)c(OC)c1. The van der Waals surface area contributed by atoms with E-state index in [0.29, 0.717) is 28.5 Å². The van der Waals surface area contributed by atoms with Gasteiger partial charge in [0.2, 0.25) is 0 Å². The topological polar surface area (TPSA) is 88.5 Å². The Balaban J connectivity index is 1.94. The number of rotatable bonds is 8. The number of hydrogen-bond donors (Lipinski definition) is 1. The molecule has 4 rings (SSSR count). The largest absolute Gasteiger partial charge is 0.507 e. The number of aliphatic hydroxyl groups is 1. The summed E-state index contributed by atoms with van der Waals surface area (Å²) in [4.78, 5) is 30.4. The summed E-state index contributed by atoms with van der Waals surface area (Å²) in [5, 5.41) is 11.5. The minimum absolute atomic E-state index is 0.0446. The van der Waals surface area contributed by atoms with Crippen LogP contribution in [0, 0.1) is 0 Å². The van der Waals surface area contributed by atoms with Crippen LogP contribution in [0.1, 0.15) is 31.0 Å². The Morgan fingerprint density at radius 1 is 0.921 bits per heavy atom. The number of carbonyl (C=O) groups excluding carboxylic acids is 2. The second-order valence-electron chi connectivity index (χ2n) is 9.39. The van der Waals surface area contributed by atoms with Gasteiger partial charge in [0.25, 0.3) is 11.7 Å². The molecule has 0 aromatic heterocycles. The molecule has 1 amide bonds. The lowest BCUT2D eigenvalue weighted by Crippen LogP contribution is -2.29. The van der Waals surface area contributed by atoms with Gasteiger partial charge in [-0.1, -0.05) is 12.1 Å². The van der Waals surface area contributed by atoms with Crippen molar-refractivity contribution in [3.63, 3.8) is 0 Å². The molecule has 3 aromatic carbocycles. The molecule has 1 atom stereocenters. The molecule has 0 aliphatic carbocycles. The third-order valence-corrected chi connectivity index (χ3v) is 6.30. The molecule has 3 aromatic rings. The van der Waals surface area contributed by atoms with Gasteiger partial charge in [0, 0.05) is 31.5 Å². The highest BCUT2D eigenvalue weighted by atomic mass is 16.5. The predicted octanol–water partition coefficient (Wildman–Crippen LogP) is 5.18. The van der Waals surface area contributed by atoms with Gasteiger partial charge in [-0.15, -0.1) is 0 Å². The van der Waals surface area contributed by atoms with Crippen LogP contribution >= 0.6 is 0 Å². The number of ether oxygens (including phenoxy) is 3. The minimum atomic E-state index is -0.900. The average Bonchev–Trinajstić information content (AvgIpc) is 3.17. The maximum atomic E-state index is 13.5. The van der Waals surface area contributed by atoms with Crippen LogP contribution in [0.3, 0.4) is 0 Å². The summed E-state index contributed by atoms with van der Waals surface area (Å²) in [7, 11) is 6.82. The van der Waals surface area contributed by atoms with Crippen molar-refractivity contribution < 1.29 is 28.9 Å². The number of nitrogens with zero attached hydrogens (tertiary/aromatic N) is 2. The van der Waals surface area contributed by atoms with Crippen molar-refractivity contribution >= 4 is 28.8 Å². The van der Waals surface area contributed by atoms with Crippen molar-refractivity contribution in [2.24, 2.45) is 0 Å². The van der Waals surface area contributed by atoms with Crippen molar-refractivity contribution in [1.82, 2.24) is 0 Å². The number of anilines is 2. The number of aliphatic hydroxyl groups excluding tert-OH is 1. The van der Waals surface area contributed by atoms with Crippen LogP contribution in [0.4, 0.5) is 11.4 Å². The van der Waals surface area contributed by atoms with Crippen LogP contribution in [0.15, 0.2) is 72.3 Å². The average molecular weight is 517 g/mol. The normalized spacial score (nSPS) is 16.6. The van der Waals surface area contributed by atoms with Crippen molar-refractivity contribution in [3.8, 4) is 17.2 Å². The van der Waals surface area contributed by atoms with Gasteiger partial charge >= 0.3 is 0 Å². The quantitative estimate of drug-likeness (QED) is 0.251. The number of carbonyl (C=O) groups is 2. The van der Waals surface area contributed by atoms with Crippen molar-refractivity contribution in [1.29, 1.82) is 0 Å². The van der Waals surface area contributed by atoms with Crippen molar-refractivity contribution in [2.45, 2.75) is 26.0 Å². The summed E-state index contributed by atoms with van der Waals surface area (Å²) < 4.78 is 16.6. The molecule has 1 aliphatic rings. The monoisotopic (exact) mass is 516 g/mol. The summed E-state index contributed by atoms with van der Waals surface area (Å²) in [5.74, 6) is -0.452. The van der Waals surface area contributed by atoms with E-state index in [1.54, 1.807) is 42.5 Å². The molecule has 1 aliphatic heterocycles. The van der Waals surface area contributed by atoms with E-state index in [-0.39, 0.29) is 23.0 Å². The lowest BCUT2D eigenvalue weighted by atomic mass is 9.94. The van der Waals surface area contributed by atoms with Crippen LogP contribution in [0.25, 0.3) is 5.76 Å². The van der Waals surface area contributed by atoms with E-state index >= 15 is 0 Å². The smallest absolute Gasteiger partial charge is 0.300 e. The van der Waals surface area contributed by atoms with Crippen LogP contribution in [0.5, 0.6) is 17.2 Å². The molecular formula is C30H32N2O6. The van der Waals surface area contributed by atoms with Crippen LogP contribution in [-0.4, -0.2) is 51.2 Å². The Morgan fingerprint density at radius 2 is 1.63 bits per heavy atom. The maximum absolute atomic E-state index is 13.5. The van der Waals surface area contributed by atoms with Crippen LogP contribution in [0.2, 0.25) is 0 Å². The third kappa shape index (κ3) is 5.02. The first-order valence-corrected chi connectivity index (χ1v) is 12.2. The van der Waals surface area contributed by atoms with E-state index < -0.39 is 17.7 Å². The van der Waals surface area contributed by atoms with E-state index in [1.165, 1.54) is 19.1 Å². The molecule has 0 saturated carbocycles. The fraction of sp³-hybridized carbons (Fsp3) is 0.267. The van der Waals surface area contributed by atoms with Gasteiger partial charge in [-0.25, -0.2) is 0 Å². The second-order valence-corrected chi connectivity index (χ2v) is 9.39. The summed E-state index contributed by atoms with van der Waals surface area (Å²) >= 11 is 0. The number of hydrogen-bond acceptors (Lipinski definition) is 7. The molecule has 1 N–H and O–H groups in total. The van der Waals surface area contributed by atoms with E-state index in [1.807, 2.05) is 57.1 Å². The van der Waals surface area contributed by atoms with Gasteiger partial charge in [0.15, 0.2) is 0 Å². The summed E-state index contributed by atoms with van der Waals surface area (Å²) in [6, 6.07) is 18.5. The molecule has 198 valence electrons. The molecule has 0 bridgehead atoms. The van der Waals surface area contributed by atoms with Crippen LogP contribution in [-0.2, 0) is 9.59 Å². The third-order valence-electron chi connectivity index (χ3n) is 6.30. The Morgan fingerprint density at radius 3 is 2.24 bits per heavy atom. The first-order valence-electron chi connectivity index (χ1n) is 12.2. The van der Waals surface area contributed by atoms with Gasteiger partial charge in [-0.05, 0) is 67.9 Å². The van der Waals surface area contributed by atoms with E-state index in [0.717, 1.165) is 5.69 Å². The zero-order chi connectivity index (χ0) is 27.6. The molecular weight excluding hydrogens is 484 g/mol. The lowest BCUT2D eigenvalue weighted by molar-refractivity contribution is -0.132. The molecule has 0 spiro atoms. The Bertz CT molecular complexity index is 1380. The molecule has 0 radical (unpaired) electrons. The van der Waals surface area contributed by atoms with Gasteiger partial charge < -0.3 is 24.2 Å². The number of ketones is 1. The highest BCUT2D eigenvalue weighted by molar-refractivity contribution is 6.51. The second kappa shape index (κ2) is 10.9. The fourth-order valence-electron chi connectivity index (χ4n) is 4.49. The molecule has 1 heterocycles. The number of amides is 1. The fourth-order valence-corrected chi connectivity index (χ4v) is 4.49. The van der Waals surface area contributed by atoms with E-state index in [4.69, 9.17) is 14.2 Å². The number of methoxy groups -OCH3 is 2. The first kappa shape index (κ1) is 26.6. The zero-order valence-corrected chi connectivity index (χ0v) is 22.4. The molecule has 38 heavy (non-hydrogen) atoms. The Hall–Kier alpha value is -4.46. The Kier molecular flexibility index (Phi) is 7.62. The van der Waals surface area contributed by atoms with E-state index in [2.05, 4.69) is 0 Å². The van der Waals surface area contributed by atoms with Gasteiger partial charge in [-0.3, -0.25) is 14.5 Å². The number of Topliss-reactive ketones (excluding diaryl/α,β-unsaturated/α-hetero) is 1. The van der Waals surface area contributed by atoms with Gasteiger partial charge in [0.05, 0.1) is 37.5 Å². The van der Waals surface area contributed by atoms with Gasteiger partial charge in [0.1, 0.15) is 23.0 Å². The maximum Gasteiger partial charge on any atom is 0.300 e. The molecule has 1 unspecified atom stereocenters. The highest BCUT2D eigenvalue weighted by Gasteiger charge is 2.47. The standard InChI is InChI=1S/C30H32N2O6/c1-18(2)38-23-9-7-8-19(16-23)27-26(28(33)24-15-14-22(36-5)17-25(24)37-6)29(34)30(35)32(27)21-12-10-20(11-13-21)31(3)4/h7-18,27,33H,1-6H3/b28-26+. The molecule has 8 nitrogen and oxygen atoms in total. The van der Waals surface area contributed by atoms with Gasteiger partial charge in [-0.2, -0.15) is 0 Å². The highest BCUT2D eigenvalue weighted by Crippen LogP contribution is 2.44. The lowest BCUT2D eigenvalue weighted by Gasteiger charge is -2.26. The predicted molar refractivity (Wildman–Crippen MR) is 147 cm³/mol. The summed E-state index contributed by atoms with van der Waals surface area (Å²) in [5.41, 5.74) is 2.31. The van der Waals surface area contributed by atoms with Crippen LogP contribution < -0.4 is 24.0 Å². The first-order chi connectivity index (χ1) is 18.2. The minimum Gasteiger partial charge on any atom is -0.507 e. The molecule has 1 saturated heterocycles. The summed E-state index contributed by atoms with van der Waals surface area (Å²) in [6.07, 6.45) is -0.0706. The molecule has 1 fully saturated rings. The summed E-state index contributed by atoms with van der Waals surface area (Å²) in [6.45, 7) is 3.84. The van der Waals surface area contributed by atoms with E-state index in [9.17, 15) is 14.7 Å². The van der Waals surface area contributed by atoms with Crippen molar-refractivity contribution in [2.75, 3.05) is 38.1 Å².